The van der Waals surface area contributed by atoms with Crippen molar-refractivity contribution in [3.63, 3.8) is 0 Å². The van der Waals surface area contributed by atoms with Crippen molar-refractivity contribution in [3.8, 4) is 11.5 Å². The van der Waals surface area contributed by atoms with Crippen LogP contribution in [0.3, 0.4) is 0 Å². The van der Waals surface area contributed by atoms with Crippen LogP contribution in [0.2, 0.25) is 0 Å². The van der Waals surface area contributed by atoms with Crippen molar-refractivity contribution in [2.75, 3.05) is 117 Å². The molecule has 2 atom stereocenters. The summed E-state index contributed by atoms with van der Waals surface area (Å²) in [5.74, 6) is 5.58. The molecule has 0 bridgehead atoms. The second-order valence-electron chi connectivity index (χ2n) is 12.2. The molecule has 0 fully saturated rings. The zero-order valence-electron chi connectivity index (χ0n) is 31.2. The van der Waals surface area contributed by atoms with Crippen LogP contribution in [0.1, 0.15) is 33.1 Å². The predicted molar refractivity (Wildman–Crippen MR) is 207 cm³/mol. The molecule has 286 valence electrons. The number of rotatable bonds is 31. The lowest BCUT2D eigenvalue weighted by Gasteiger charge is -2.18. The Morgan fingerprint density at radius 2 is 1.06 bits per heavy atom. The van der Waals surface area contributed by atoms with E-state index >= 15 is 0 Å². The fourth-order valence-corrected chi connectivity index (χ4v) is 7.85. The molecule has 0 N–H and O–H groups in total. The maximum atomic E-state index is 13.3. The molecule has 13 heteroatoms. The van der Waals surface area contributed by atoms with Gasteiger partial charge in [-0.25, -0.2) is 8.42 Å². The highest BCUT2D eigenvalue weighted by atomic mass is 32.2. The summed E-state index contributed by atoms with van der Waals surface area (Å²) >= 11 is 3.88. The van der Waals surface area contributed by atoms with Crippen LogP contribution in [0.25, 0.3) is 0 Å². The Kier molecular flexibility index (Phi) is 24.2. The molecule has 2 aromatic rings. The monoisotopic (exact) mass is 758 g/mol. The Balaban J connectivity index is 1.74. The quantitative estimate of drug-likeness (QED) is 0.0860. The molecule has 0 aromatic heterocycles. The summed E-state index contributed by atoms with van der Waals surface area (Å²) < 4.78 is 61.8. The van der Waals surface area contributed by atoms with E-state index in [1.165, 1.54) is 0 Å². The van der Waals surface area contributed by atoms with Crippen molar-refractivity contribution < 1.29 is 36.8 Å². The van der Waals surface area contributed by atoms with Crippen LogP contribution in [0, 0.1) is 0 Å². The standard InChI is InChI=1S/C37H62N2O8S3/c1-7-44-34(29-42-22-9-25-48-27-20-38(3)4)19-24-46-32-11-15-36(16-12-32)50(40,41)37-17-13-33(14-18-37)47-31-35(45-8-2)30-43-23-10-26-49-28-21-39(5)6/h11-18,34-35H,7-10,19-31H2,1-6H3. The summed E-state index contributed by atoms with van der Waals surface area (Å²) in [6.45, 7) is 10.4. The van der Waals surface area contributed by atoms with Gasteiger partial charge in [-0.05, 0) is 115 Å². The first-order chi connectivity index (χ1) is 24.1. The van der Waals surface area contributed by atoms with E-state index in [4.69, 9.17) is 28.4 Å². The molecule has 0 saturated heterocycles. The zero-order valence-corrected chi connectivity index (χ0v) is 33.6. The number of nitrogens with zero attached hydrogens (tertiary/aromatic N) is 2. The maximum Gasteiger partial charge on any atom is 0.206 e. The van der Waals surface area contributed by atoms with E-state index in [0.29, 0.717) is 70.8 Å². The number of ether oxygens (including phenoxy) is 6. The number of benzene rings is 2. The summed E-state index contributed by atoms with van der Waals surface area (Å²) in [5, 5.41) is 0. The molecule has 0 spiro atoms. The highest BCUT2D eigenvalue weighted by molar-refractivity contribution is 7.99. The molecule has 2 aromatic carbocycles. The Hall–Kier alpha value is -1.55. The van der Waals surface area contributed by atoms with Crippen molar-refractivity contribution in [2.45, 2.75) is 55.1 Å². The number of thioether (sulfide) groups is 2. The first kappa shape index (κ1) is 44.6. The van der Waals surface area contributed by atoms with Gasteiger partial charge in [-0.1, -0.05) is 0 Å². The normalized spacial score (nSPS) is 13.2. The van der Waals surface area contributed by atoms with Gasteiger partial charge in [-0.2, -0.15) is 23.5 Å². The lowest BCUT2D eigenvalue weighted by molar-refractivity contribution is -0.0325. The molecule has 0 heterocycles. The number of hydrogen-bond acceptors (Lipinski definition) is 12. The average molecular weight is 759 g/mol. The zero-order chi connectivity index (χ0) is 36.5. The molecule has 50 heavy (non-hydrogen) atoms. The molecule has 2 rings (SSSR count). The smallest absolute Gasteiger partial charge is 0.206 e. The van der Waals surface area contributed by atoms with Gasteiger partial charge in [0.1, 0.15) is 24.2 Å². The summed E-state index contributed by atoms with van der Waals surface area (Å²) in [6, 6.07) is 13.0. The van der Waals surface area contributed by atoms with Crippen LogP contribution < -0.4 is 9.47 Å². The molecule has 2 unspecified atom stereocenters. The van der Waals surface area contributed by atoms with Gasteiger partial charge in [0, 0.05) is 57.4 Å². The minimum Gasteiger partial charge on any atom is -0.493 e. The lowest BCUT2D eigenvalue weighted by Crippen LogP contribution is -2.27. The van der Waals surface area contributed by atoms with Gasteiger partial charge >= 0.3 is 0 Å². The van der Waals surface area contributed by atoms with E-state index in [2.05, 4.69) is 38.0 Å². The summed E-state index contributed by atoms with van der Waals surface area (Å²) in [5.41, 5.74) is 0. The van der Waals surface area contributed by atoms with Gasteiger partial charge in [0.15, 0.2) is 0 Å². The summed E-state index contributed by atoms with van der Waals surface area (Å²) in [7, 11) is 4.64. The minimum absolute atomic E-state index is 0.0522. The Bertz CT molecular complexity index is 1220. The van der Waals surface area contributed by atoms with E-state index in [9.17, 15) is 8.42 Å². The van der Waals surface area contributed by atoms with E-state index < -0.39 is 9.84 Å². The Morgan fingerprint density at radius 3 is 1.54 bits per heavy atom. The van der Waals surface area contributed by atoms with Gasteiger partial charge < -0.3 is 38.2 Å². The first-order valence-electron chi connectivity index (χ1n) is 17.7. The fraction of sp³-hybridized carbons (Fsp3) is 0.676. The van der Waals surface area contributed by atoms with Gasteiger partial charge in [-0.3, -0.25) is 0 Å². The van der Waals surface area contributed by atoms with Crippen LogP contribution in [-0.2, 0) is 28.8 Å². The molecule has 0 radical (unpaired) electrons. The van der Waals surface area contributed by atoms with E-state index in [1.54, 1.807) is 48.5 Å². The van der Waals surface area contributed by atoms with Crippen molar-refractivity contribution in [2.24, 2.45) is 0 Å². The van der Waals surface area contributed by atoms with Crippen molar-refractivity contribution in [1.82, 2.24) is 9.80 Å². The van der Waals surface area contributed by atoms with Crippen molar-refractivity contribution in [3.05, 3.63) is 48.5 Å². The minimum atomic E-state index is -3.71. The Labute approximate surface area is 311 Å². The first-order valence-corrected chi connectivity index (χ1v) is 21.5. The third-order valence-electron chi connectivity index (χ3n) is 7.35. The largest absolute Gasteiger partial charge is 0.493 e. The van der Waals surface area contributed by atoms with Gasteiger partial charge in [0.05, 0.1) is 35.7 Å². The lowest BCUT2D eigenvalue weighted by atomic mass is 10.3. The Morgan fingerprint density at radius 1 is 0.600 bits per heavy atom. The van der Waals surface area contributed by atoms with Crippen LogP contribution >= 0.6 is 23.5 Å². The third kappa shape index (κ3) is 19.9. The summed E-state index contributed by atoms with van der Waals surface area (Å²) in [6.07, 6.45) is 2.43. The molecule has 10 nitrogen and oxygen atoms in total. The molecule has 0 aliphatic carbocycles. The topological polar surface area (TPSA) is 96.0 Å². The SMILES string of the molecule is CCOC(CCOc1ccc(S(=O)(=O)c2ccc(OCC(COCCCSCCN(C)C)OCC)cc2)cc1)COCCCSCCN(C)C. The van der Waals surface area contributed by atoms with Gasteiger partial charge in [0.2, 0.25) is 9.84 Å². The van der Waals surface area contributed by atoms with E-state index in [-0.39, 0.29) is 22.0 Å². The molecule has 0 aliphatic heterocycles. The maximum absolute atomic E-state index is 13.3. The van der Waals surface area contributed by atoms with Crippen LogP contribution in [0.5, 0.6) is 11.5 Å². The fourth-order valence-electron chi connectivity index (χ4n) is 4.55. The van der Waals surface area contributed by atoms with Crippen LogP contribution in [0.15, 0.2) is 58.3 Å². The van der Waals surface area contributed by atoms with Gasteiger partial charge in [-0.15, -0.1) is 0 Å². The second kappa shape index (κ2) is 27.1. The molecule has 0 aliphatic rings. The molecular weight excluding hydrogens is 697 g/mol. The highest BCUT2D eigenvalue weighted by Gasteiger charge is 2.18. The van der Waals surface area contributed by atoms with Crippen LogP contribution in [0.4, 0.5) is 0 Å². The summed E-state index contributed by atoms with van der Waals surface area (Å²) in [4.78, 5) is 4.77. The van der Waals surface area contributed by atoms with Crippen molar-refractivity contribution >= 4 is 33.4 Å². The number of hydrogen-bond donors (Lipinski definition) is 0. The molecular formula is C37H62N2O8S3. The molecule has 0 saturated carbocycles. The van der Waals surface area contributed by atoms with E-state index in [0.717, 1.165) is 48.9 Å². The highest BCUT2D eigenvalue weighted by Crippen LogP contribution is 2.25. The third-order valence-corrected chi connectivity index (χ3v) is 11.2. The number of sulfone groups is 1. The van der Waals surface area contributed by atoms with E-state index in [1.807, 2.05) is 37.4 Å². The second-order valence-corrected chi connectivity index (χ2v) is 16.6. The van der Waals surface area contributed by atoms with Crippen molar-refractivity contribution in [1.29, 1.82) is 0 Å². The molecule has 0 amide bonds. The average Bonchev–Trinajstić information content (AvgIpc) is 3.09. The van der Waals surface area contributed by atoms with Gasteiger partial charge in [0.25, 0.3) is 0 Å². The van der Waals surface area contributed by atoms with Crippen LogP contribution in [-0.4, -0.2) is 148 Å². The predicted octanol–water partition coefficient (Wildman–Crippen LogP) is 5.88.